The van der Waals surface area contributed by atoms with Crippen molar-refractivity contribution >= 4 is 11.6 Å². The Balaban J connectivity index is 1.64. The normalized spacial score (nSPS) is 36.4. The van der Waals surface area contributed by atoms with Crippen LogP contribution < -0.4 is 9.64 Å². The summed E-state index contributed by atoms with van der Waals surface area (Å²) in [5.41, 5.74) is 4.15. The number of aliphatic hydroxyl groups excluding tert-OH is 1. The third-order valence-electron chi connectivity index (χ3n) is 7.82. The van der Waals surface area contributed by atoms with E-state index < -0.39 is 0 Å². The van der Waals surface area contributed by atoms with Crippen molar-refractivity contribution in [2.45, 2.75) is 36.8 Å². The van der Waals surface area contributed by atoms with Crippen molar-refractivity contribution in [2.75, 3.05) is 31.7 Å². The molecule has 146 valence electrons. The maximum absolute atomic E-state index is 13.1. The van der Waals surface area contributed by atoms with Crippen LogP contribution in [0.2, 0.25) is 0 Å². The van der Waals surface area contributed by atoms with E-state index in [9.17, 15) is 15.0 Å². The monoisotopic (exact) mass is 380 g/mol. The van der Waals surface area contributed by atoms with Crippen molar-refractivity contribution in [3.05, 3.63) is 41.0 Å². The molecule has 2 bridgehead atoms. The van der Waals surface area contributed by atoms with Crippen LogP contribution in [0.1, 0.15) is 24.8 Å². The highest BCUT2D eigenvalue weighted by Gasteiger charge is 2.67. The minimum absolute atomic E-state index is 0.0431. The van der Waals surface area contributed by atoms with Crippen molar-refractivity contribution < 1.29 is 19.7 Å². The average Bonchev–Trinajstić information content (AvgIpc) is 3.23. The van der Waals surface area contributed by atoms with Crippen molar-refractivity contribution in [2.24, 2.45) is 5.92 Å². The zero-order chi connectivity index (χ0) is 19.2. The minimum Gasteiger partial charge on any atom is -0.503 e. The topological polar surface area (TPSA) is 73.2 Å². The van der Waals surface area contributed by atoms with Crippen LogP contribution in [-0.4, -0.2) is 59.9 Å². The smallest absolute Gasteiger partial charge is 0.231 e. The largest absolute Gasteiger partial charge is 0.503 e. The molecule has 4 atom stereocenters. The number of hydrogen-bond donors (Lipinski definition) is 2. The molecule has 6 rings (SSSR count). The Labute approximate surface area is 163 Å². The molecule has 1 saturated carbocycles. The molecular weight excluding hydrogens is 356 g/mol. The molecule has 6 nitrogen and oxygen atoms in total. The van der Waals surface area contributed by atoms with E-state index in [4.69, 9.17) is 4.74 Å². The van der Waals surface area contributed by atoms with Gasteiger partial charge in [0, 0.05) is 30.3 Å². The number of piperidine rings is 1. The average molecular weight is 380 g/mol. The molecule has 0 aromatic heterocycles. The first kappa shape index (κ1) is 16.6. The third kappa shape index (κ3) is 1.70. The minimum atomic E-state index is -0.164. The van der Waals surface area contributed by atoms with Gasteiger partial charge in [-0.25, -0.2) is 0 Å². The van der Waals surface area contributed by atoms with E-state index in [2.05, 4.69) is 17.0 Å². The molecule has 1 aliphatic carbocycles. The van der Waals surface area contributed by atoms with E-state index in [0.717, 1.165) is 31.5 Å². The fourth-order valence-corrected chi connectivity index (χ4v) is 6.87. The maximum atomic E-state index is 13.1. The molecule has 0 unspecified atom stereocenters. The number of fused-ring (bicyclic) bond motifs is 4. The second kappa shape index (κ2) is 5.39. The van der Waals surface area contributed by atoms with Crippen LogP contribution in [0, 0.1) is 5.92 Å². The van der Waals surface area contributed by atoms with Gasteiger partial charge < -0.3 is 19.8 Å². The number of phenols is 1. The summed E-state index contributed by atoms with van der Waals surface area (Å²) in [4.78, 5) is 17.5. The number of anilines is 1. The van der Waals surface area contributed by atoms with E-state index in [1.807, 2.05) is 17.0 Å². The van der Waals surface area contributed by atoms with Crippen LogP contribution in [0.5, 0.6) is 11.5 Å². The number of phenolic OH excluding ortho intramolecular Hbond substituents is 1. The number of aromatic hydroxyl groups is 1. The number of rotatable bonds is 2. The highest BCUT2D eigenvalue weighted by Crippen LogP contribution is 2.66. The molecule has 6 heteroatoms. The molecule has 2 saturated heterocycles. The molecule has 2 N–H and O–H groups in total. The van der Waals surface area contributed by atoms with Gasteiger partial charge in [0.1, 0.15) is 0 Å². The van der Waals surface area contributed by atoms with E-state index in [1.165, 1.54) is 11.1 Å². The summed E-state index contributed by atoms with van der Waals surface area (Å²) in [6, 6.07) is 4.21. The van der Waals surface area contributed by atoms with Crippen LogP contribution in [0.25, 0.3) is 0 Å². The Morgan fingerprint density at radius 3 is 3.04 bits per heavy atom. The first-order valence-corrected chi connectivity index (χ1v) is 10.1. The van der Waals surface area contributed by atoms with Crippen molar-refractivity contribution in [3.8, 4) is 11.5 Å². The van der Waals surface area contributed by atoms with Gasteiger partial charge in [0.05, 0.1) is 25.4 Å². The van der Waals surface area contributed by atoms with E-state index in [0.29, 0.717) is 23.9 Å². The van der Waals surface area contributed by atoms with Gasteiger partial charge in [-0.15, -0.1) is 0 Å². The van der Waals surface area contributed by atoms with Gasteiger partial charge in [0.15, 0.2) is 11.5 Å². The summed E-state index contributed by atoms with van der Waals surface area (Å²) in [5, 5.41) is 20.5. The van der Waals surface area contributed by atoms with Crippen LogP contribution in [0.3, 0.4) is 0 Å². The Bertz CT molecular complexity index is 968. The van der Waals surface area contributed by atoms with Gasteiger partial charge in [-0.1, -0.05) is 23.8 Å². The molecule has 1 spiro atoms. The molecule has 4 heterocycles. The lowest BCUT2D eigenvalue weighted by atomic mass is 9.57. The summed E-state index contributed by atoms with van der Waals surface area (Å²) in [6.45, 7) is 1.90. The molecule has 4 aliphatic heterocycles. The Hall–Kier alpha value is -2.31. The lowest BCUT2D eigenvalue weighted by Gasteiger charge is -2.54. The molecule has 1 aromatic rings. The van der Waals surface area contributed by atoms with Crippen LogP contribution in [-0.2, 0) is 10.2 Å². The van der Waals surface area contributed by atoms with Gasteiger partial charge in [0.25, 0.3) is 0 Å². The number of carbonyl (C=O) groups excluding carboxylic acids is 1. The second-order valence-corrected chi connectivity index (χ2v) is 8.61. The van der Waals surface area contributed by atoms with Crippen molar-refractivity contribution in [1.29, 1.82) is 0 Å². The van der Waals surface area contributed by atoms with Gasteiger partial charge in [-0.05, 0) is 36.6 Å². The Morgan fingerprint density at radius 1 is 1.39 bits per heavy atom. The zero-order valence-corrected chi connectivity index (χ0v) is 15.9. The quantitative estimate of drug-likeness (QED) is 0.765. The molecule has 1 aromatic carbocycles. The maximum Gasteiger partial charge on any atom is 0.231 e. The third-order valence-corrected chi connectivity index (χ3v) is 7.82. The summed E-state index contributed by atoms with van der Waals surface area (Å²) < 4.78 is 5.36. The molecule has 5 aliphatic rings. The number of benzene rings is 1. The van der Waals surface area contributed by atoms with Crippen molar-refractivity contribution in [1.82, 2.24) is 4.90 Å². The van der Waals surface area contributed by atoms with E-state index >= 15 is 0 Å². The first-order valence-electron chi connectivity index (χ1n) is 10.1. The molecular formula is C22H24N2O4. The standard InChI is InChI=1S/C22H24N2O4/c1-28-16-4-3-15-19(20(16)27)24-18(26)5-2-13-14-10-17-22(15,21(13)24)7-8-23(17)11-12(14)6-9-25/h2-4,6,14,17,21,25,27H,5,7-11H2,1H3/t14-,17-,21-,22+/m0/s1. The highest BCUT2D eigenvalue weighted by molar-refractivity contribution is 6.03. The van der Waals surface area contributed by atoms with Gasteiger partial charge in [0.2, 0.25) is 5.91 Å². The number of aliphatic hydroxyl groups is 1. The zero-order valence-electron chi connectivity index (χ0n) is 15.9. The lowest BCUT2D eigenvalue weighted by molar-refractivity contribution is -0.118. The Kier molecular flexibility index (Phi) is 3.20. The summed E-state index contributed by atoms with van der Waals surface area (Å²) in [7, 11) is 1.54. The van der Waals surface area contributed by atoms with Gasteiger partial charge in [-0.3, -0.25) is 9.69 Å². The number of amides is 1. The fourth-order valence-electron chi connectivity index (χ4n) is 6.87. The summed E-state index contributed by atoms with van der Waals surface area (Å²) >= 11 is 0. The predicted octanol–water partition coefficient (Wildman–Crippen LogP) is 1.71. The number of carbonyl (C=O) groups is 1. The van der Waals surface area contributed by atoms with Gasteiger partial charge in [-0.2, -0.15) is 0 Å². The molecule has 28 heavy (non-hydrogen) atoms. The first-order chi connectivity index (χ1) is 13.6. The van der Waals surface area contributed by atoms with Crippen LogP contribution in [0.4, 0.5) is 5.69 Å². The fraction of sp³-hybridized carbons (Fsp3) is 0.500. The van der Waals surface area contributed by atoms with Crippen LogP contribution >= 0.6 is 0 Å². The number of ether oxygens (including phenoxy) is 1. The number of methoxy groups -OCH3 is 1. The number of nitrogens with zero attached hydrogens (tertiary/aromatic N) is 2. The molecule has 3 fully saturated rings. The van der Waals surface area contributed by atoms with Gasteiger partial charge >= 0.3 is 0 Å². The lowest BCUT2D eigenvalue weighted by Crippen LogP contribution is -2.62. The number of hydrogen-bond acceptors (Lipinski definition) is 5. The molecule has 0 radical (unpaired) electrons. The summed E-state index contributed by atoms with van der Waals surface area (Å²) in [5.74, 6) is 0.814. The highest BCUT2D eigenvalue weighted by atomic mass is 16.5. The van der Waals surface area contributed by atoms with Crippen LogP contribution in [0.15, 0.2) is 35.4 Å². The Morgan fingerprint density at radius 2 is 2.25 bits per heavy atom. The second-order valence-electron chi connectivity index (χ2n) is 8.61. The molecule has 1 amide bonds. The SMILES string of the molecule is COc1ccc2c(c1O)N1C(=O)CC=C3[C@H]4C[C@@H]5N(CC[C@@]25[C@H]31)CC4=CCO. The summed E-state index contributed by atoms with van der Waals surface area (Å²) in [6.07, 6.45) is 6.43. The van der Waals surface area contributed by atoms with Crippen molar-refractivity contribution in [3.63, 3.8) is 0 Å². The predicted molar refractivity (Wildman–Crippen MR) is 104 cm³/mol. The van der Waals surface area contributed by atoms with E-state index in [1.54, 1.807) is 7.11 Å². The van der Waals surface area contributed by atoms with E-state index in [-0.39, 0.29) is 35.6 Å².